The largest absolute Gasteiger partial charge is 0.352 e. The first-order chi connectivity index (χ1) is 10.7. The van der Waals surface area contributed by atoms with Gasteiger partial charge in [0.15, 0.2) is 0 Å². The first-order valence-corrected chi connectivity index (χ1v) is 7.97. The van der Waals surface area contributed by atoms with E-state index in [1.165, 1.54) is 19.3 Å². The fourth-order valence-corrected chi connectivity index (χ4v) is 2.35. The maximum absolute atomic E-state index is 12.2. The zero-order valence-electron chi connectivity index (χ0n) is 13.3. The lowest BCUT2D eigenvalue weighted by Gasteiger charge is -2.15. The summed E-state index contributed by atoms with van der Waals surface area (Å²) in [5.41, 5.74) is 0.592. The van der Waals surface area contributed by atoms with Crippen molar-refractivity contribution in [2.24, 2.45) is 5.92 Å². The first-order valence-electron chi connectivity index (χ1n) is 7.97. The van der Waals surface area contributed by atoms with Gasteiger partial charge >= 0.3 is 0 Å². The molecule has 2 aromatic heterocycles. The fraction of sp³-hybridized carbons (Fsp3) is 0.471. The number of pyridine rings is 1. The second-order valence-electron chi connectivity index (χ2n) is 5.50. The van der Waals surface area contributed by atoms with Crippen molar-refractivity contribution in [1.29, 1.82) is 0 Å². The third kappa shape index (κ3) is 4.41. The second-order valence-corrected chi connectivity index (χ2v) is 5.50. The predicted molar refractivity (Wildman–Crippen MR) is 87.0 cm³/mol. The Balaban J connectivity index is 1.89. The topological polar surface area (TPSA) is 59.8 Å². The van der Waals surface area contributed by atoms with Gasteiger partial charge in [-0.25, -0.2) is 9.97 Å². The summed E-state index contributed by atoms with van der Waals surface area (Å²) in [4.78, 5) is 20.5. The lowest BCUT2D eigenvalue weighted by atomic mass is 9.99. The Hall–Kier alpha value is -2.17. The van der Waals surface area contributed by atoms with Gasteiger partial charge in [-0.3, -0.25) is 9.36 Å². The molecule has 1 unspecified atom stereocenters. The Morgan fingerprint density at radius 2 is 2.23 bits per heavy atom. The molecule has 5 heteroatoms. The number of carbonyl (C=O) groups excluding carboxylic acids is 1. The monoisotopic (exact) mass is 300 g/mol. The Bertz CT molecular complexity index is 563. The second kappa shape index (κ2) is 8.32. The number of carbonyl (C=O) groups is 1. The van der Waals surface area contributed by atoms with Gasteiger partial charge in [-0.1, -0.05) is 33.1 Å². The van der Waals surface area contributed by atoms with Gasteiger partial charge in [0, 0.05) is 25.1 Å². The average molecular weight is 300 g/mol. The average Bonchev–Trinajstić information content (AvgIpc) is 3.09. The molecule has 2 aromatic rings. The molecular formula is C17H24N4O. The molecule has 0 saturated carbocycles. The lowest BCUT2D eigenvalue weighted by Crippen LogP contribution is -2.29. The van der Waals surface area contributed by atoms with Gasteiger partial charge in [0.05, 0.1) is 5.56 Å². The van der Waals surface area contributed by atoms with Crippen LogP contribution >= 0.6 is 0 Å². The first kappa shape index (κ1) is 16.2. The van der Waals surface area contributed by atoms with E-state index in [1.54, 1.807) is 29.4 Å². The molecule has 0 aromatic carbocycles. The number of rotatable bonds is 8. The van der Waals surface area contributed by atoms with E-state index in [1.807, 2.05) is 12.3 Å². The van der Waals surface area contributed by atoms with Gasteiger partial charge in [-0.05, 0) is 24.5 Å². The summed E-state index contributed by atoms with van der Waals surface area (Å²) in [6, 6.07) is 3.62. The third-order valence-electron chi connectivity index (χ3n) is 3.87. The molecule has 1 atom stereocenters. The van der Waals surface area contributed by atoms with Crippen LogP contribution < -0.4 is 5.32 Å². The number of amides is 1. The minimum absolute atomic E-state index is 0.0559. The van der Waals surface area contributed by atoms with Crippen LogP contribution in [-0.4, -0.2) is 27.0 Å². The molecule has 22 heavy (non-hydrogen) atoms. The number of nitrogens with one attached hydrogen (secondary N) is 1. The zero-order valence-corrected chi connectivity index (χ0v) is 13.3. The van der Waals surface area contributed by atoms with E-state index in [9.17, 15) is 4.79 Å². The van der Waals surface area contributed by atoms with Crippen molar-refractivity contribution < 1.29 is 4.79 Å². The number of unbranched alkanes of at least 4 members (excludes halogenated alkanes) is 1. The van der Waals surface area contributed by atoms with Crippen LogP contribution in [0.15, 0.2) is 37.1 Å². The Morgan fingerprint density at radius 1 is 1.36 bits per heavy atom. The Morgan fingerprint density at radius 3 is 2.82 bits per heavy atom. The van der Waals surface area contributed by atoms with Gasteiger partial charge in [-0.2, -0.15) is 0 Å². The van der Waals surface area contributed by atoms with Crippen LogP contribution in [0.4, 0.5) is 0 Å². The number of hydrogen-bond donors (Lipinski definition) is 1. The maximum Gasteiger partial charge on any atom is 0.252 e. The van der Waals surface area contributed by atoms with Gasteiger partial charge < -0.3 is 5.32 Å². The number of imidazole rings is 1. The van der Waals surface area contributed by atoms with E-state index in [4.69, 9.17) is 0 Å². The molecule has 1 amide bonds. The molecular weight excluding hydrogens is 276 g/mol. The summed E-state index contributed by atoms with van der Waals surface area (Å²) in [7, 11) is 0. The molecule has 0 saturated heterocycles. The van der Waals surface area contributed by atoms with Gasteiger partial charge in [0.1, 0.15) is 12.1 Å². The van der Waals surface area contributed by atoms with Crippen molar-refractivity contribution in [2.75, 3.05) is 6.54 Å². The zero-order chi connectivity index (χ0) is 15.8. The van der Waals surface area contributed by atoms with Crippen molar-refractivity contribution >= 4 is 5.91 Å². The highest BCUT2D eigenvalue weighted by molar-refractivity contribution is 5.93. The molecule has 0 aliphatic heterocycles. The van der Waals surface area contributed by atoms with Crippen LogP contribution in [-0.2, 0) is 0 Å². The normalized spacial score (nSPS) is 12.1. The van der Waals surface area contributed by atoms with Crippen LogP contribution in [0.5, 0.6) is 0 Å². The fourth-order valence-electron chi connectivity index (χ4n) is 2.35. The summed E-state index contributed by atoms with van der Waals surface area (Å²) < 4.78 is 1.81. The summed E-state index contributed by atoms with van der Waals surface area (Å²) in [5, 5.41) is 3.02. The van der Waals surface area contributed by atoms with Gasteiger partial charge in [-0.15, -0.1) is 0 Å². The Labute approximate surface area is 131 Å². The molecule has 118 valence electrons. The number of hydrogen-bond acceptors (Lipinski definition) is 3. The molecule has 1 N–H and O–H groups in total. The molecule has 0 bridgehead atoms. The maximum atomic E-state index is 12.2. The Kier molecular flexibility index (Phi) is 6.13. The predicted octanol–water partition coefficient (Wildman–Crippen LogP) is 3.21. The minimum atomic E-state index is -0.0559. The molecule has 2 heterocycles. The number of nitrogens with zero attached hydrogens (tertiary/aromatic N) is 3. The molecule has 0 spiro atoms. The summed E-state index contributed by atoms with van der Waals surface area (Å²) in [6.45, 7) is 5.10. The van der Waals surface area contributed by atoms with Crippen LogP contribution in [0.2, 0.25) is 0 Å². The third-order valence-corrected chi connectivity index (χ3v) is 3.87. The molecule has 2 rings (SSSR count). The van der Waals surface area contributed by atoms with Crippen molar-refractivity contribution in [3.63, 3.8) is 0 Å². The highest BCUT2D eigenvalue weighted by Crippen LogP contribution is 2.12. The molecule has 0 radical (unpaired) electrons. The van der Waals surface area contributed by atoms with E-state index in [-0.39, 0.29) is 5.91 Å². The van der Waals surface area contributed by atoms with Crippen LogP contribution in [0.3, 0.4) is 0 Å². The van der Waals surface area contributed by atoms with E-state index < -0.39 is 0 Å². The van der Waals surface area contributed by atoms with E-state index >= 15 is 0 Å². The van der Waals surface area contributed by atoms with Gasteiger partial charge in [0.2, 0.25) is 0 Å². The molecule has 0 aliphatic rings. The summed E-state index contributed by atoms with van der Waals surface area (Å²) in [5.74, 6) is 1.25. The smallest absolute Gasteiger partial charge is 0.252 e. The molecule has 5 nitrogen and oxygen atoms in total. The summed E-state index contributed by atoms with van der Waals surface area (Å²) in [6.07, 6.45) is 11.5. The highest BCUT2D eigenvalue weighted by Gasteiger charge is 2.10. The highest BCUT2D eigenvalue weighted by atomic mass is 16.1. The molecule has 0 fully saturated rings. The van der Waals surface area contributed by atoms with Crippen LogP contribution in [0.1, 0.15) is 49.9 Å². The van der Waals surface area contributed by atoms with Crippen molar-refractivity contribution in [3.05, 3.63) is 42.6 Å². The minimum Gasteiger partial charge on any atom is -0.352 e. The van der Waals surface area contributed by atoms with Crippen molar-refractivity contribution in [3.8, 4) is 5.82 Å². The van der Waals surface area contributed by atoms with Crippen molar-refractivity contribution in [2.45, 2.75) is 39.5 Å². The number of aromatic nitrogens is 3. The summed E-state index contributed by atoms with van der Waals surface area (Å²) >= 11 is 0. The standard InChI is InChI=1S/C17H24N4O/c1-3-5-6-14(4-2)11-20-17(22)15-7-8-16(19-12-15)21-10-9-18-13-21/h7-10,12-14H,3-6,11H2,1-2H3,(H,20,22). The van der Waals surface area contributed by atoms with Crippen LogP contribution in [0.25, 0.3) is 5.82 Å². The van der Waals surface area contributed by atoms with Gasteiger partial charge in [0.25, 0.3) is 5.91 Å². The van der Waals surface area contributed by atoms with Crippen molar-refractivity contribution in [1.82, 2.24) is 19.9 Å². The van der Waals surface area contributed by atoms with E-state index in [0.29, 0.717) is 11.5 Å². The van der Waals surface area contributed by atoms with E-state index in [2.05, 4.69) is 29.1 Å². The quantitative estimate of drug-likeness (QED) is 0.814. The van der Waals surface area contributed by atoms with Crippen LogP contribution in [0, 0.1) is 5.92 Å². The molecule has 0 aliphatic carbocycles. The SMILES string of the molecule is CCCCC(CC)CNC(=O)c1ccc(-n2ccnc2)nc1. The van der Waals surface area contributed by atoms with E-state index in [0.717, 1.165) is 18.8 Å². The lowest BCUT2D eigenvalue weighted by molar-refractivity contribution is 0.0945.